The Bertz CT molecular complexity index is 1040. The predicted molar refractivity (Wildman–Crippen MR) is 124 cm³/mol. The van der Waals surface area contributed by atoms with Crippen molar-refractivity contribution in [2.45, 2.75) is 18.9 Å². The number of methoxy groups -OCH3 is 4. The summed E-state index contributed by atoms with van der Waals surface area (Å²) in [5.74, 6) is 4.14. The van der Waals surface area contributed by atoms with Gasteiger partial charge in [-0.1, -0.05) is 25.1 Å². The van der Waals surface area contributed by atoms with Gasteiger partial charge in [-0.2, -0.15) is 0 Å². The zero-order valence-corrected chi connectivity index (χ0v) is 19.2. The molecule has 0 unspecified atom stereocenters. The highest BCUT2D eigenvalue weighted by molar-refractivity contribution is 5.73. The third kappa shape index (κ3) is 3.22. The maximum atomic E-state index is 6.38. The van der Waals surface area contributed by atoms with Crippen molar-refractivity contribution in [3.05, 3.63) is 71.3 Å². The fourth-order valence-electron chi connectivity index (χ4n) is 4.56. The van der Waals surface area contributed by atoms with E-state index in [4.69, 9.17) is 23.7 Å². The minimum atomic E-state index is -0.921. The molecule has 6 nitrogen and oxygen atoms in total. The van der Waals surface area contributed by atoms with Gasteiger partial charge in [0.1, 0.15) is 40.0 Å². The van der Waals surface area contributed by atoms with Crippen LogP contribution in [0.4, 0.5) is 0 Å². The molecule has 0 bridgehead atoms. The number of hydrogen-bond acceptors (Lipinski definition) is 6. The van der Waals surface area contributed by atoms with Crippen LogP contribution in [0.3, 0.4) is 0 Å². The Kier molecular flexibility index (Phi) is 6.15. The summed E-state index contributed by atoms with van der Waals surface area (Å²) >= 11 is 0. The summed E-state index contributed by atoms with van der Waals surface area (Å²) in [6.07, 6.45) is 0.912. The number of nitrogens with one attached hydrogen (secondary N) is 1. The third-order valence-corrected chi connectivity index (χ3v) is 5.83. The van der Waals surface area contributed by atoms with Gasteiger partial charge >= 0.3 is 0 Å². The molecule has 1 heterocycles. The Labute approximate surface area is 189 Å². The smallest absolute Gasteiger partial charge is 0.136 e. The molecule has 6 heteroatoms. The lowest BCUT2D eigenvalue weighted by Gasteiger charge is -2.43. The Morgan fingerprint density at radius 1 is 0.656 bits per heavy atom. The minimum Gasteiger partial charge on any atom is -0.496 e. The van der Waals surface area contributed by atoms with Crippen LogP contribution in [-0.4, -0.2) is 35.0 Å². The molecule has 0 aromatic heterocycles. The highest BCUT2D eigenvalue weighted by atomic mass is 16.5. The molecule has 3 aromatic rings. The molecule has 3 aromatic carbocycles. The zero-order chi connectivity index (χ0) is 22.7. The lowest BCUT2D eigenvalue weighted by atomic mass is 9.73. The fraction of sp³-hybridized carbons (Fsp3) is 0.308. The van der Waals surface area contributed by atoms with E-state index in [1.165, 1.54) is 0 Å². The van der Waals surface area contributed by atoms with E-state index in [1.54, 1.807) is 28.4 Å². The molecule has 4 rings (SSSR count). The number of fused-ring (bicyclic) bond motifs is 2. The predicted octanol–water partition coefficient (Wildman–Crippen LogP) is 5.12. The van der Waals surface area contributed by atoms with Crippen molar-refractivity contribution < 1.29 is 23.7 Å². The molecular formula is C26H29NO5. The maximum Gasteiger partial charge on any atom is 0.136 e. The van der Waals surface area contributed by atoms with Crippen molar-refractivity contribution in [3.8, 4) is 34.5 Å². The van der Waals surface area contributed by atoms with E-state index in [1.807, 2.05) is 54.6 Å². The van der Waals surface area contributed by atoms with Gasteiger partial charge in [0.2, 0.25) is 0 Å². The Morgan fingerprint density at radius 2 is 1.06 bits per heavy atom. The van der Waals surface area contributed by atoms with Crippen molar-refractivity contribution in [1.82, 2.24) is 5.32 Å². The molecule has 1 aliphatic heterocycles. The molecule has 0 saturated heterocycles. The van der Waals surface area contributed by atoms with Gasteiger partial charge in [0.15, 0.2) is 0 Å². The minimum absolute atomic E-state index is 0.684. The summed E-state index contributed by atoms with van der Waals surface area (Å²) in [7, 11) is 6.66. The van der Waals surface area contributed by atoms with Crippen LogP contribution < -0.4 is 29.0 Å². The fourth-order valence-corrected chi connectivity index (χ4v) is 4.56. The van der Waals surface area contributed by atoms with E-state index in [9.17, 15) is 0 Å². The van der Waals surface area contributed by atoms with Gasteiger partial charge in [-0.3, -0.25) is 5.32 Å². The van der Waals surface area contributed by atoms with E-state index < -0.39 is 5.54 Å². The lowest BCUT2D eigenvalue weighted by molar-refractivity contribution is 0.309. The van der Waals surface area contributed by atoms with Gasteiger partial charge < -0.3 is 23.7 Å². The highest BCUT2D eigenvalue weighted by Gasteiger charge is 2.50. The molecule has 168 valence electrons. The summed E-state index contributed by atoms with van der Waals surface area (Å²) < 4.78 is 29.9. The van der Waals surface area contributed by atoms with Gasteiger partial charge in [-0.05, 0) is 49.4 Å². The first-order valence-corrected chi connectivity index (χ1v) is 10.7. The second kappa shape index (κ2) is 9.01. The van der Waals surface area contributed by atoms with Gasteiger partial charge in [0.05, 0.1) is 45.1 Å². The molecule has 0 saturated carbocycles. The van der Waals surface area contributed by atoms with Crippen LogP contribution in [0.2, 0.25) is 0 Å². The second-order valence-electron chi connectivity index (χ2n) is 7.48. The van der Waals surface area contributed by atoms with Crippen LogP contribution in [0.25, 0.3) is 0 Å². The van der Waals surface area contributed by atoms with Crippen molar-refractivity contribution in [3.63, 3.8) is 0 Å². The first-order chi connectivity index (χ1) is 15.7. The quantitative estimate of drug-likeness (QED) is 0.530. The number of hydrogen-bond donors (Lipinski definition) is 1. The van der Waals surface area contributed by atoms with E-state index in [0.717, 1.165) is 29.7 Å². The first kappa shape index (κ1) is 21.8. The largest absolute Gasteiger partial charge is 0.496 e. The Morgan fingerprint density at radius 3 is 1.47 bits per heavy atom. The van der Waals surface area contributed by atoms with Crippen molar-refractivity contribution in [2.24, 2.45) is 0 Å². The van der Waals surface area contributed by atoms with Crippen LogP contribution in [0.5, 0.6) is 34.5 Å². The van der Waals surface area contributed by atoms with Crippen LogP contribution in [-0.2, 0) is 5.54 Å². The molecule has 1 aliphatic rings. The average molecular weight is 436 g/mol. The normalized spacial score (nSPS) is 13.4. The summed E-state index contributed by atoms with van der Waals surface area (Å²) in [5.41, 5.74) is 1.60. The number of benzene rings is 3. The van der Waals surface area contributed by atoms with Gasteiger partial charge in [-0.15, -0.1) is 0 Å². The molecule has 0 aliphatic carbocycles. The van der Waals surface area contributed by atoms with Gasteiger partial charge in [0, 0.05) is 0 Å². The monoisotopic (exact) mass is 435 g/mol. The summed E-state index contributed by atoms with van der Waals surface area (Å²) in [6.45, 7) is 2.85. The van der Waals surface area contributed by atoms with E-state index in [0.29, 0.717) is 34.5 Å². The van der Waals surface area contributed by atoms with Crippen LogP contribution in [0, 0.1) is 0 Å². The average Bonchev–Trinajstić information content (AvgIpc) is 2.85. The van der Waals surface area contributed by atoms with Crippen LogP contribution in [0.15, 0.2) is 54.6 Å². The number of rotatable bonds is 8. The Balaban J connectivity index is 2.24. The van der Waals surface area contributed by atoms with E-state index >= 15 is 0 Å². The molecule has 0 spiro atoms. The summed E-state index contributed by atoms with van der Waals surface area (Å²) in [6, 6.07) is 17.4. The van der Waals surface area contributed by atoms with Crippen LogP contribution >= 0.6 is 0 Å². The summed E-state index contributed by atoms with van der Waals surface area (Å²) in [5, 5.41) is 3.81. The molecule has 0 amide bonds. The molecule has 0 atom stereocenters. The standard InChI is InChI=1S/C26H29NO5/c1-6-16-27-26(23-17(28-2)10-7-11-18(23)29-3)24-19(30-4)12-8-14-21(24)32-22-15-9-13-20(31-5)25(22)26/h7-15,27H,6,16H2,1-5H3. The molecule has 0 fully saturated rings. The van der Waals surface area contributed by atoms with Crippen molar-refractivity contribution in [2.75, 3.05) is 35.0 Å². The Hall–Kier alpha value is -3.38. The lowest BCUT2D eigenvalue weighted by Crippen LogP contribution is -2.47. The second-order valence-corrected chi connectivity index (χ2v) is 7.48. The summed E-state index contributed by atoms with van der Waals surface area (Å²) in [4.78, 5) is 0. The van der Waals surface area contributed by atoms with E-state index in [2.05, 4.69) is 12.2 Å². The van der Waals surface area contributed by atoms with Crippen molar-refractivity contribution >= 4 is 0 Å². The number of ether oxygens (including phenoxy) is 5. The topological polar surface area (TPSA) is 58.2 Å². The first-order valence-electron chi connectivity index (χ1n) is 10.7. The maximum absolute atomic E-state index is 6.38. The van der Waals surface area contributed by atoms with Crippen molar-refractivity contribution in [1.29, 1.82) is 0 Å². The molecule has 32 heavy (non-hydrogen) atoms. The molecule has 1 N–H and O–H groups in total. The third-order valence-electron chi connectivity index (χ3n) is 5.83. The highest BCUT2D eigenvalue weighted by Crippen LogP contribution is 2.59. The SMILES string of the molecule is CCCNC1(c2c(OC)cccc2OC)c2c(OC)cccc2Oc2cccc(OC)c21. The zero-order valence-electron chi connectivity index (χ0n) is 19.2. The van der Waals surface area contributed by atoms with E-state index in [-0.39, 0.29) is 0 Å². The molecule has 0 radical (unpaired) electrons. The molecular weight excluding hydrogens is 406 g/mol. The van der Waals surface area contributed by atoms with Gasteiger partial charge in [-0.25, -0.2) is 0 Å². The van der Waals surface area contributed by atoms with Gasteiger partial charge in [0.25, 0.3) is 0 Å². The van der Waals surface area contributed by atoms with Crippen LogP contribution in [0.1, 0.15) is 30.0 Å².